The highest BCUT2D eigenvalue weighted by molar-refractivity contribution is 5.84. The Labute approximate surface area is 121 Å². The lowest BCUT2D eigenvalue weighted by atomic mass is 10.0. The van der Waals surface area contributed by atoms with Crippen LogP contribution in [0.5, 0.6) is 5.75 Å². The van der Waals surface area contributed by atoms with Gasteiger partial charge in [-0.1, -0.05) is 38.5 Å². The zero-order chi connectivity index (χ0) is 14.5. The van der Waals surface area contributed by atoms with Crippen LogP contribution in [0.1, 0.15) is 38.8 Å². The number of hydrogen-bond acceptors (Lipinski definition) is 3. The quantitative estimate of drug-likeness (QED) is 0.869. The average molecular weight is 272 g/mol. The van der Waals surface area contributed by atoms with E-state index in [9.17, 15) is 0 Å². The first-order valence-electron chi connectivity index (χ1n) is 7.44. The van der Waals surface area contributed by atoms with Gasteiger partial charge < -0.3 is 10.5 Å². The van der Waals surface area contributed by atoms with Crippen molar-refractivity contribution in [2.45, 2.75) is 52.2 Å². The summed E-state index contributed by atoms with van der Waals surface area (Å²) in [5.41, 5.74) is 8.14. The van der Waals surface area contributed by atoms with Gasteiger partial charge in [-0.3, -0.25) is 0 Å². The Morgan fingerprint density at radius 1 is 1.20 bits per heavy atom. The van der Waals surface area contributed by atoms with Crippen LogP contribution in [0.25, 0.3) is 10.9 Å². The van der Waals surface area contributed by atoms with Crippen LogP contribution in [0.2, 0.25) is 0 Å². The van der Waals surface area contributed by atoms with E-state index in [0.717, 1.165) is 41.6 Å². The van der Waals surface area contributed by atoms with Crippen molar-refractivity contribution in [3.05, 3.63) is 36.0 Å². The fraction of sp³-hybridized carbons (Fsp3) is 0.471. The SMILES string of the molecule is CCCC(N)C(CC)Oc1cccc2ccc(C)nc12. The third-order valence-corrected chi connectivity index (χ3v) is 3.60. The van der Waals surface area contributed by atoms with Gasteiger partial charge in [0.25, 0.3) is 0 Å². The van der Waals surface area contributed by atoms with E-state index in [0.29, 0.717) is 0 Å². The maximum atomic E-state index is 6.22. The summed E-state index contributed by atoms with van der Waals surface area (Å²) in [5, 5.41) is 1.10. The third-order valence-electron chi connectivity index (χ3n) is 3.60. The van der Waals surface area contributed by atoms with E-state index in [2.05, 4.69) is 31.0 Å². The molecule has 1 aromatic carbocycles. The second kappa shape index (κ2) is 6.71. The van der Waals surface area contributed by atoms with Crippen molar-refractivity contribution in [1.82, 2.24) is 4.98 Å². The number of nitrogens with zero attached hydrogens (tertiary/aromatic N) is 1. The number of aryl methyl sites for hydroxylation is 1. The van der Waals surface area contributed by atoms with Crippen LogP contribution in [0.4, 0.5) is 0 Å². The van der Waals surface area contributed by atoms with Gasteiger partial charge in [0, 0.05) is 17.1 Å². The standard InChI is InChI=1S/C17H24N2O/c1-4-7-14(18)15(5-2)20-16-9-6-8-13-11-10-12(3)19-17(13)16/h6,8-11,14-15H,4-5,7,18H2,1-3H3. The van der Waals surface area contributed by atoms with Crippen molar-refractivity contribution in [2.75, 3.05) is 0 Å². The maximum absolute atomic E-state index is 6.22. The van der Waals surface area contributed by atoms with Gasteiger partial charge in [0.15, 0.2) is 0 Å². The van der Waals surface area contributed by atoms with Crippen LogP contribution in [-0.4, -0.2) is 17.1 Å². The molecule has 3 nitrogen and oxygen atoms in total. The Kier molecular flexibility index (Phi) is 4.96. The molecule has 2 atom stereocenters. The van der Waals surface area contributed by atoms with Crippen molar-refractivity contribution in [2.24, 2.45) is 5.73 Å². The van der Waals surface area contributed by atoms with Crippen LogP contribution in [-0.2, 0) is 0 Å². The zero-order valence-electron chi connectivity index (χ0n) is 12.6. The number of hydrogen-bond donors (Lipinski definition) is 1. The molecule has 0 amide bonds. The Balaban J connectivity index is 2.30. The molecule has 1 heterocycles. The van der Waals surface area contributed by atoms with Crippen LogP contribution in [0.3, 0.4) is 0 Å². The van der Waals surface area contributed by atoms with Crippen molar-refractivity contribution >= 4 is 10.9 Å². The lowest BCUT2D eigenvalue weighted by Gasteiger charge is -2.24. The molecule has 2 rings (SSSR count). The van der Waals surface area contributed by atoms with Crippen molar-refractivity contribution in [3.63, 3.8) is 0 Å². The maximum Gasteiger partial charge on any atom is 0.146 e. The predicted octanol–water partition coefficient (Wildman–Crippen LogP) is 3.83. The molecule has 2 aromatic rings. The van der Waals surface area contributed by atoms with E-state index in [4.69, 9.17) is 10.5 Å². The average Bonchev–Trinajstić information content (AvgIpc) is 2.45. The highest BCUT2D eigenvalue weighted by Gasteiger charge is 2.18. The minimum atomic E-state index is 0.0443. The molecule has 0 fully saturated rings. The Morgan fingerprint density at radius 2 is 2.00 bits per heavy atom. The Morgan fingerprint density at radius 3 is 2.70 bits per heavy atom. The molecule has 108 valence electrons. The summed E-state index contributed by atoms with van der Waals surface area (Å²) in [7, 11) is 0. The largest absolute Gasteiger partial charge is 0.487 e. The molecule has 0 bridgehead atoms. The number of ether oxygens (including phenoxy) is 1. The number of benzene rings is 1. The molecule has 3 heteroatoms. The fourth-order valence-corrected chi connectivity index (χ4v) is 2.47. The van der Waals surface area contributed by atoms with Gasteiger partial charge in [0.1, 0.15) is 17.4 Å². The monoisotopic (exact) mass is 272 g/mol. The summed E-state index contributed by atoms with van der Waals surface area (Å²) < 4.78 is 6.16. The second-order valence-electron chi connectivity index (χ2n) is 5.30. The molecular weight excluding hydrogens is 248 g/mol. The summed E-state index contributed by atoms with van der Waals surface area (Å²) >= 11 is 0. The van der Waals surface area contributed by atoms with Gasteiger partial charge in [0.05, 0.1) is 0 Å². The van der Waals surface area contributed by atoms with Crippen molar-refractivity contribution in [1.29, 1.82) is 0 Å². The van der Waals surface area contributed by atoms with E-state index in [1.807, 2.05) is 25.1 Å². The lowest BCUT2D eigenvalue weighted by molar-refractivity contribution is 0.163. The second-order valence-corrected chi connectivity index (χ2v) is 5.30. The van der Waals surface area contributed by atoms with E-state index in [-0.39, 0.29) is 12.1 Å². The van der Waals surface area contributed by atoms with Crippen molar-refractivity contribution < 1.29 is 4.74 Å². The first-order chi connectivity index (χ1) is 9.65. The summed E-state index contributed by atoms with van der Waals surface area (Å²) in [4.78, 5) is 4.60. The minimum Gasteiger partial charge on any atom is -0.487 e. The highest BCUT2D eigenvalue weighted by Crippen LogP contribution is 2.26. The Hall–Kier alpha value is -1.61. The topological polar surface area (TPSA) is 48.1 Å². The molecule has 0 aliphatic rings. The van der Waals surface area contributed by atoms with E-state index in [1.165, 1.54) is 0 Å². The zero-order valence-corrected chi connectivity index (χ0v) is 12.6. The number of rotatable bonds is 6. The summed E-state index contributed by atoms with van der Waals surface area (Å²) in [5.74, 6) is 0.838. The number of fused-ring (bicyclic) bond motifs is 1. The van der Waals surface area contributed by atoms with E-state index < -0.39 is 0 Å². The molecule has 0 aliphatic heterocycles. The smallest absolute Gasteiger partial charge is 0.146 e. The molecule has 1 aromatic heterocycles. The van der Waals surface area contributed by atoms with Crippen LogP contribution in [0.15, 0.2) is 30.3 Å². The van der Waals surface area contributed by atoms with Gasteiger partial charge in [-0.25, -0.2) is 4.98 Å². The third kappa shape index (κ3) is 3.28. The fourth-order valence-electron chi connectivity index (χ4n) is 2.47. The molecule has 0 spiro atoms. The molecule has 0 aliphatic carbocycles. The molecule has 0 saturated heterocycles. The summed E-state index contributed by atoms with van der Waals surface area (Å²) in [6, 6.07) is 10.2. The molecule has 0 saturated carbocycles. The molecule has 20 heavy (non-hydrogen) atoms. The summed E-state index contributed by atoms with van der Waals surface area (Å²) in [6.45, 7) is 6.26. The number of para-hydroxylation sites is 1. The van der Waals surface area contributed by atoms with Gasteiger partial charge in [-0.15, -0.1) is 0 Å². The van der Waals surface area contributed by atoms with Crippen LogP contribution >= 0.6 is 0 Å². The highest BCUT2D eigenvalue weighted by atomic mass is 16.5. The first-order valence-corrected chi connectivity index (χ1v) is 7.44. The van der Waals surface area contributed by atoms with Gasteiger partial charge >= 0.3 is 0 Å². The van der Waals surface area contributed by atoms with Gasteiger partial charge in [0.2, 0.25) is 0 Å². The van der Waals surface area contributed by atoms with Gasteiger partial charge in [-0.05, 0) is 31.9 Å². The van der Waals surface area contributed by atoms with Crippen LogP contribution < -0.4 is 10.5 Å². The first kappa shape index (κ1) is 14.8. The Bertz CT molecular complexity index is 568. The molecular formula is C17H24N2O. The number of pyridine rings is 1. The van der Waals surface area contributed by atoms with Crippen molar-refractivity contribution in [3.8, 4) is 5.75 Å². The lowest BCUT2D eigenvalue weighted by Crippen LogP contribution is -2.38. The molecule has 2 N–H and O–H groups in total. The predicted molar refractivity (Wildman–Crippen MR) is 84.1 cm³/mol. The number of aromatic nitrogens is 1. The van der Waals surface area contributed by atoms with Gasteiger partial charge in [-0.2, -0.15) is 0 Å². The van der Waals surface area contributed by atoms with E-state index >= 15 is 0 Å². The molecule has 0 radical (unpaired) electrons. The minimum absolute atomic E-state index is 0.0443. The molecule has 2 unspecified atom stereocenters. The summed E-state index contributed by atoms with van der Waals surface area (Å²) in [6.07, 6.45) is 3.01. The van der Waals surface area contributed by atoms with Crippen LogP contribution in [0, 0.1) is 6.92 Å². The number of nitrogens with two attached hydrogens (primary N) is 1. The van der Waals surface area contributed by atoms with E-state index in [1.54, 1.807) is 0 Å². The normalized spacial score (nSPS) is 14.2.